The van der Waals surface area contributed by atoms with Crippen molar-refractivity contribution in [1.82, 2.24) is 46.6 Å². The number of hydrogen-bond acceptors (Lipinski definition) is 24. The number of aromatic hydroxyl groups is 1. The molecule has 5 heterocycles. The molecule has 4 aliphatic rings. The number of aromatic nitrogens is 2. The number of rotatable bonds is 17. The number of aryl methyl sites for hydroxylation is 1. The third-order valence-electron chi connectivity index (χ3n) is 15.2. The molecule has 4 aromatic rings. The van der Waals surface area contributed by atoms with Crippen molar-refractivity contribution >= 4 is 89.0 Å². The Bertz CT molecular complexity index is 3290. The summed E-state index contributed by atoms with van der Waals surface area (Å²) in [6, 6.07) is 5.76. The fourth-order valence-corrected chi connectivity index (χ4v) is 11.6. The van der Waals surface area contributed by atoms with E-state index in [9.17, 15) is 79.4 Å². The fraction of sp³-hybridized carbons (Fsp3) is 0.455. The van der Waals surface area contributed by atoms with Crippen LogP contribution in [-0.2, 0) is 55.8 Å². The number of carbonyl (C=O) groups is 8. The van der Waals surface area contributed by atoms with Gasteiger partial charge in [0.2, 0.25) is 47.0 Å². The molecule has 14 atom stereocenters. The molecule has 31 nitrogen and oxygen atoms in total. The number of β-amino-alcohol motifs (C(OH)–C–C–N with tert-alkyl or cyclic N) is 1. The van der Waals surface area contributed by atoms with Crippen molar-refractivity contribution in [1.29, 1.82) is 0 Å². The van der Waals surface area contributed by atoms with Gasteiger partial charge in [0.25, 0.3) is 18.2 Å². The van der Waals surface area contributed by atoms with Gasteiger partial charge in [-0.25, -0.2) is 0 Å². The molecule has 1 aromatic heterocycles. The van der Waals surface area contributed by atoms with E-state index >= 15 is 0 Å². The number of nitrogens with zero attached hydrogens (tertiary/aromatic N) is 6. The molecule has 8 amide bonds. The summed E-state index contributed by atoms with van der Waals surface area (Å²) < 4.78 is 10.9. The molecule has 8 rings (SSSR count). The molecule has 34 heteroatoms. The Morgan fingerprint density at radius 3 is 2.19 bits per heavy atom. The van der Waals surface area contributed by atoms with Crippen LogP contribution in [0.5, 0.6) is 11.5 Å². The molecule has 14 N–H and O–H groups in total. The van der Waals surface area contributed by atoms with Gasteiger partial charge in [0, 0.05) is 68.1 Å². The first-order valence-electron chi connectivity index (χ1n) is 27.7. The molecule has 0 radical (unpaired) electrons. The Morgan fingerprint density at radius 1 is 0.843 bits per heavy atom. The molecule has 0 aliphatic carbocycles. The Labute approximate surface area is 538 Å². The summed E-state index contributed by atoms with van der Waals surface area (Å²) in [6.45, 7) is 2.91. The van der Waals surface area contributed by atoms with E-state index in [-0.39, 0.29) is 64.7 Å². The Morgan fingerprint density at radius 2 is 1.52 bits per heavy atom. The van der Waals surface area contributed by atoms with Gasteiger partial charge in [0.1, 0.15) is 52.2 Å². The van der Waals surface area contributed by atoms with Crippen LogP contribution in [-0.4, -0.2) is 213 Å². The van der Waals surface area contributed by atoms with E-state index in [0.717, 1.165) is 41.0 Å². The van der Waals surface area contributed by atoms with Crippen LogP contribution in [0.25, 0.3) is 10.6 Å². The van der Waals surface area contributed by atoms with E-state index in [1.165, 1.54) is 42.0 Å². The number of phenolic OH excluding ortho intramolecular Hbond substituents is 1. The number of carbonyl (C=O) groups excluding carboxylic acids is 8. The molecular weight excluding hydrogens is 1220 g/mol. The maximum absolute atomic E-state index is 14.7. The van der Waals surface area contributed by atoms with Gasteiger partial charge in [-0.1, -0.05) is 60.2 Å². The number of phenols is 1. The predicted octanol–water partition coefficient (Wildman–Crippen LogP) is -7.04. The number of nitrogens with two attached hydrogens (primary N) is 1. The molecule has 13 unspecified atom stereocenters. The van der Waals surface area contributed by atoms with Crippen LogP contribution < -0.4 is 71.3 Å². The van der Waals surface area contributed by atoms with Crippen molar-refractivity contribution in [3.05, 3.63) is 88.4 Å². The maximum Gasteiger partial charge on any atom is 1.00 e. The van der Waals surface area contributed by atoms with Crippen LogP contribution in [0.2, 0.25) is 0 Å². The smallest absolute Gasteiger partial charge is 0.691 e. The second-order valence-electron chi connectivity index (χ2n) is 21.6. The zero-order valence-corrected chi connectivity index (χ0v) is 52.0. The topological polar surface area (TPSA) is 463 Å². The number of hydrogen-bond donors (Lipinski definition) is 13. The first-order chi connectivity index (χ1) is 41.9. The van der Waals surface area contributed by atoms with Gasteiger partial charge in [0.15, 0.2) is 17.7 Å². The van der Waals surface area contributed by atoms with Crippen molar-refractivity contribution in [2.24, 2.45) is 16.8 Å². The van der Waals surface area contributed by atoms with Gasteiger partial charge in [-0.2, -0.15) is 0 Å². The van der Waals surface area contributed by atoms with Crippen molar-refractivity contribution < 1.29 is 127 Å². The summed E-state index contributed by atoms with van der Waals surface area (Å²) in [5.41, 5.74) is 8.10. The van der Waals surface area contributed by atoms with Crippen LogP contribution in [0.4, 0.5) is 5.69 Å². The summed E-state index contributed by atoms with van der Waals surface area (Å²) in [5.74, 6) is -11.5. The van der Waals surface area contributed by atoms with E-state index in [2.05, 4.69) is 58.2 Å². The number of amides is 8. The summed E-state index contributed by atoms with van der Waals surface area (Å²) in [7, 11) is 0. The third kappa shape index (κ3) is 17.0. The largest absolute Gasteiger partial charge is 1.00 e. The van der Waals surface area contributed by atoms with Crippen LogP contribution in [0, 0.1) is 5.92 Å². The number of hydrazone groups is 1. The molecule has 0 saturated carbocycles. The van der Waals surface area contributed by atoms with E-state index in [0.29, 0.717) is 15.6 Å². The summed E-state index contributed by atoms with van der Waals surface area (Å²) in [4.78, 5) is 115. The number of aliphatic hydroxyl groups is 6. The monoisotopic (exact) mass is 1290 g/mol. The zero-order valence-electron chi connectivity index (χ0n) is 48.4. The first kappa shape index (κ1) is 69.4. The maximum atomic E-state index is 14.7. The number of fused-ring (bicyclic) bond motifs is 2. The number of aliphatic hydroxyl groups excluding tert-OH is 6. The van der Waals surface area contributed by atoms with Gasteiger partial charge >= 0.3 is 29.6 Å². The van der Waals surface area contributed by atoms with Gasteiger partial charge in [-0.15, -0.1) is 14.5 Å². The van der Waals surface area contributed by atoms with E-state index in [4.69, 9.17) is 9.92 Å². The van der Waals surface area contributed by atoms with Crippen molar-refractivity contribution in [3.63, 3.8) is 0 Å². The van der Waals surface area contributed by atoms with Gasteiger partial charge in [-0.3, -0.25) is 43.4 Å². The van der Waals surface area contributed by atoms with Crippen molar-refractivity contribution in [2.45, 2.75) is 132 Å². The Hall–Kier alpha value is -7.09. The van der Waals surface area contributed by atoms with Crippen LogP contribution in [0.3, 0.4) is 0 Å². The molecule has 3 saturated heterocycles. The summed E-state index contributed by atoms with van der Waals surface area (Å²) in [5, 5.41) is 118. The second kappa shape index (κ2) is 31.1. The molecule has 3 aromatic carbocycles. The SMILES string of the molecule is CCc1ccc([N+]2=CC(c3nnc(-c4ccc(C(=O)N[C@H]5CC(O)CNC(=O)C6C(O)C(C)CN6C(=O)C(C(O)CC(N)=O)NC(=O)C(C(O)Cc6ccc(O)c(OSOO[O-])c6)NC(=O)C6CC(O)CN6C(=O)C(C(C)O)NC5=O)cc4)s3)C=N2)cc1.[Na+]. The zero-order chi connectivity index (χ0) is 63.7. The third-order valence-corrected chi connectivity index (χ3v) is 16.6. The van der Waals surface area contributed by atoms with Crippen LogP contribution in [0.1, 0.15) is 72.4 Å². The van der Waals surface area contributed by atoms with E-state index in [1.807, 2.05) is 30.5 Å². The molecule has 472 valence electrons. The average Bonchev–Trinajstić information content (AvgIpc) is 1.88. The molecule has 4 aliphatic heterocycles. The first-order valence-corrected chi connectivity index (χ1v) is 29.2. The quantitative estimate of drug-likeness (QED) is 0.0117. The Balaban J connectivity index is 0.0000113. The molecular formula is C55H66N12NaO19S2+. The van der Waals surface area contributed by atoms with Gasteiger partial charge in [0.05, 0.1) is 49.3 Å². The van der Waals surface area contributed by atoms with Crippen LogP contribution >= 0.6 is 23.7 Å². The van der Waals surface area contributed by atoms with Crippen LogP contribution in [0.15, 0.2) is 71.8 Å². The second-order valence-corrected chi connectivity index (χ2v) is 23.0. The van der Waals surface area contributed by atoms with Crippen molar-refractivity contribution in [2.75, 3.05) is 19.6 Å². The average molecular weight is 1290 g/mol. The van der Waals surface area contributed by atoms with Crippen molar-refractivity contribution in [3.8, 4) is 22.1 Å². The standard InChI is InChI=1S/C55H66N12O19S2.Na/c1-4-27-5-12-32(13-6-27)67-23-31(20-58-67)53-64-63-52(87-53)30-10-8-29(9-11-30)47(76)59-35-17-33(69)21-57-51(80)45-46(75)25(2)22-66(45)55(82)44(39(73)19-41(56)74)62-50(79)43(38(72)15-28-7-14-37(71)40(16-28)84-88-86-85-83)61-49(78)36-18-34(70)24-65(36)54(81)42(26(3)68)60-48(35)77;/h5-14,16,20,23,25-26,31,33-36,38-39,42-46,68-70,72-73,75H,4,15,17-19,21-22,24H2,1-3H3,(H8-,56,57,59,60,61,62,71,74,76,77,78,79,80,83);/q;+1/t25?,26?,31?,33?,34?,35-,36?,38?,39?,42?,43?,44?,45?,46?;/m0./s1. The van der Waals surface area contributed by atoms with Gasteiger partial charge < -0.3 is 87.3 Å². The number of primary amides is 1. The minimum Gasteiger partial charge on any atom is -0.691 e. The molecule has 3 fully saturated rings. The summed E-state index contributed by atoms with van der Waals surface area (Å²) in [6.07, 6.45) is -9.15. The Kier molecular flexibility index (Phi) is 24.2. The molecule has 89 heavy (non-hydrogen) atoms. The molecule has 0 bridgehead atoms. The number of nitrogens with one attached hydrogen (secondary N) is 5. The van der Waals surface area contributed by atoms with E-state index in [1.54, 1.807) is 23.0 Å². The normalized spacial score (nSPS) is 26.4. The number of benzene rings is 3. The minimum absolute atomic E-state index is 0. The predicted molar refractivity (Wildman–Crippen MR) is 306 cm³/mol. The van der Waals surface area contributed by atoms with E-state index < -0.39 is 177 Å². The van der Waals surface area contributed by atoms with Gasteiger partial charge in [-0.05, 0) is 53.8 Å². The summed E-state index contributed by atoms with van der Waals surface area (Å²) >= 11 is 1.29. The minimum atomic E-state index is -2.22. The molecule has 0 spiro atoms. The fourth-order valence-electron chi connectivity index (χ4n) is 10.4.